The van der Waals surface area contributed by atoms with Crippen LogP contribution in [0.25, 0.3) is 0 Å². The summed E-state index contributed by atoms with van der Waals surface area (Å²) in [7, 11) is 0. The van der Waals surface area contributed by atoms with Crippen molar-refractivity contribution in [2.24, 2.45) is 0 Å². The molecule has 0 aromatic heterocycles. The number of aromatic hydroxyl groups is 1. The molecule has 1 aromatic carbocycles. The van der Waals surface area contributed by atoms with Gasteiger partial charge in [-0.2, -0.15) is 0 Å². The maximum Gasteiger partial charge on any atom is 0.219 e. The van der Waals surface area contributed by atoms with Gasteiger partial charge in [-0.05, 0) is 43.9 Å². The van der Waals surface area contributed by atoms with Crippen molar-refractivity contribution < 1.29 is 9.90 Å². The van der Waals surface area contributed by atoms with E-state index < -0.39 is 0 Å². The molecule has 1 amide bonds. The molecule has 1 aliphatic heterocycles. The largest absolute Gasteiger partial charge is 0.508 e. The van der Waals surface area contributed by atoms with Gasteiger partial charge in [0.25, 0.3) is 0 Å². The number of amides is 1. The highest BCUT2D eigenvalue weighted by Gasteiger charge is 2.21. The molecule has 0 saturated carbocycles. The summed E-state index contributed by atoms with van der Waals surface area (Å²) >= 11 is 0. The third-order valence-electron chi connectivity index (χ3n) is 3.94. The summed E-state index contributed by atoms with van der Waals surface area (Å²) in [6.07, 6.45) is 3.01. The summed E-state index contributed by atoms with van der Waals surface area (Å²) in [5.41, 5.74) is 1.23. The topological polar surface area (TPSA) is 52.6 Å². The number of benzene rings is 1. The molecule has 1 aliphatic rings. The molecule has 1 aromatic rings. The molecule has 1 fully saturated rings. The molecule has 1 unspecified atom stereocenters. The van der Waals surface area contributed by atoms with Crippen LogP contribution in [0.1, 0.15) is 32.3 Å². The molecule has 0 spiro atoms. The smallest absolute Gasteiger partial charge is 0.219 e. The first kappa shape index (κ1) is 14.9. The van der Waals surface area contributed by atoms with Crippen LogP contribution >= 0.6 is 0 Å². The molecule has 2 N–H and O–H groups in total. The number of carbonyl (C=O) groups is 1. The standard InChI is InChI=1S/C16H24N2O2/c1-12(11-14-3-5-16(20)6-4-14)17-15-7-9-18(10-8-15)13(2)19/h3-6,12,15,17,20H,7-11H2,1-2H3. The highest BCUT2D eigenvalue weighted by atomic mass is 16.3. The minimum Gasteiger partial charge on any atom is -0.508 e. The SMILES string of the molecule is CC(=O)N1CCC(NC(C)Cc2ccc(O)cc2)CC1. The van der Waals surface area contributed by atoms with Gasteiger partial charge in [-0.25, -0.2) is 0 Å². The van der Waals surface area contributed by atoms with Gasteiger partial charge in [0.2, 0.25) is 5.91 Å². The van der Waals surface area contributed by atoms with Gasteiger partial charge in [-0.3, -0.25) is 4.79 Å². The zero-order chi connectivity index (χ0) is 14.5. The molecule has 1 heterocycles. The minimum absolute atomic E-state index is 0.181. The Morgan fingerprint density at radius 3 is 2.50 bits per heavy atom. The van der Waals surface area contributed by atoms with Gasteiger partial charge in [-0.1, -0.05) is 12.1 Å². The number of hydrogen-bond donors (Lipinski definition) is 2. The Bertz CT molecular complexity index is 436. The van der Waals surface area contributed by atoms with E-state index in [1.54, 1.807) is 19.1 Å². The first-order chi connectivity index (χ1) is 9.54. The Labute approximate surface area is 120 Å². The van der Waals surface area contributed by atoms with Crippen LogP contribution < -0.4 is 5.32 Å². The minimum atomic E-state index is 0.181. The van der Waals surface area contributed by atoms with Gasteiger partial charge >= 0.3 is 0 Å². The molecule has 1 saturated heterocycles. The molecule has 0 bridgehead atoms. The van der Waals surface area contributed by atoms with Crippen LogP contribution in [0.3, 0.4) is 0 Å². The monoisotopic (exact) mass is 276 g/mol. The van der Waals surface area contributed by atoms with Crippen molar-refractivity contribution in [2.75, 3.05) is 13.1 Å². The molecule has 2 rings (SSSR count). The van der Waals surface area contributed by atoms with Gasteiger partial charge in [0, 0.05) is 32.1 Å². The van der Waals surface area contributed by atoms with E-state index in [1.807, 2.05) is 17.0 Å². The van der Waals surface area contributed by atoms with Crippen LogP contribution in [-0.4, -0.2) is 41.1 Å². The molecule has 0 aliphatic carbocycles. The van der Waals surface area contributed by atoms with Crippen molar-refractivity contribution in [2.45, 2.75) is 45.2 Å². The lowest BCUT2D eigenvalue weighted by Crippen LogP contribution is -2.47. The van der Waals surface area contributed by atoms with Crippen molar-refractivity contribution in [3.63, 3.8) is 0 Å². The lowest BCUT2D eigenvalue weighted by molar-refractivity contribution is -0.129. The van der Waals surface area contributed by atoms with Crippen molar-refractivity contribution >= 4 is 5.91 Å². The highest BCUT2D eigenvalue weighted by Crippen LogP contribution is 2.14. The molecule has 0 radical (unpaired) electrons. The van der Waals surface area contributed by atoms with Crippen LogP contribution in [0.15, 0.2) is 24.3 Å². The van der Waals surface area contributed by atoms with Crippen LogP contribution in [0.5, 0.6) is 5.75 Å². The van der Waals surface area contributed by atoms with Crippen LogP contribution in [0.2, 0.25) is 0 Å². The summed E-state index contributed by atoms with van der Waals surface area (Å²) in [4.78, 5) is 13.2. The molecular formula is C16H24N2O2. The third-order valence-corrected chi connectivity index (χ3v) is 3.94. The Morgan fingerprint density at radius 1 is 1.35 bits per heavy atom. The lowest BCUT2D eigenvalue weighted by atomic mass is 10.0. The number of phenols is 1. The predicted molar refractivity (Wildman–Crippen MR) is 79.7 cm³/mol. The predicted octanol–water partition coefficient (Wildman–Crippen LogP) is 1.92. The Balaban J connectivity index is 1.76. The average Bonchev–Trinajstić information content (AvgIpc) is 2.42. The fourth-order valence-electron chi connectivity index (χ4n) is 2.81. The van der Waals surface area contributed by atoms with Gasteiger partial charge in [0.15, 0.2) is 0 Å². The zero-order valence-electron chi connectivity index (χ0n) is 12.3. The molecule has 4 nitrogen and oxygen atoms in total. The Hall–Kier alpha value is -1.55. The van der Waals surface area contributed by atoms with E-state index in [9.17, 15) is 9.90 Å². The van der Waals surface area contributed by atoms with Crippen LogP contribution in [0, 0.1) is 0 Å². The van der Waals surface area contributed by atoms with E-state index in [4.69, 9.17) is 0 Å². The molecule has 20 heavy (non-hydrogen) atoms. The second-order valence-corrected chi connectivity index (χ2v) is 5.72. The Morgan fingerprint density at radius 2 is 1.95 bits per heavy atom. The van der Waals surface area contributed by atoms with Gasteiger partial charge in [0.1, 0.15) is 5.75 Å². The first-order valence-electron chi connectivity index (χ1n) is 7.34. The number of rotatable bonds is 4. The summed E-state index contributed by atoms with van der Waals surface area (Å²) in [6.45, 7) is 5.54. The number of nitrogens with zero attached hydrogens (tertiary/aromatic N) is 1. The number of phenolic OH excluding ortho intramolecular Hbond substituents is 1. The molecule has 4 heteroatoms. The zero-order valence-corrected chi connectivity index (χ0v) is 12.3. The van der Waals surface area contributed by atoms with Crippen molar-refractivity contribution in [3.05, 3.63) is 29.8 Å². The number of likely N-dealkylation sites (tertiary alicyclic amines) is 1. The number of nitrogens with one attached hydrogen (secondary N) is 1. The maximum absolute atomic E-state index is 11.3. The fourth-order valence-corrected chi connectivity index (χ4v) is 2.81. The number of carbonyl (C=O) groups excluding carboxylic acids is 1. The summed E-state index contributed by atoms with van der Waals surface area (Å²) in [5, 5.41) is 12.9. The van der Waals surface area contributed by atoms with E-state index >= 15 is 0 Å². The average molecular weight is 276 g/mol. The Kier molecular flexibility index (Phi) is 5.01. The quantitative estimate of drug-likeness (QED) is 0.883. The maximum atomic E-state index is 11.3. The molecule has 110 valence electrons. The lowest BCUT2D eigenvalue weighted by Gasteiger charge is -2.33. The van der Waals surface area contributed by atoms with Crippen LogP contribution in [-0.2, 0) is 11.2 Å². The summed E-state index contributed by atoms with van der Waals surface area (Å²) in [6, 6.07) is 8.28. The highest BCUT2D eigenvalue weighted by molar-refractivity contribution is 5.73. The van der Waals surface area contributed by atoms with E-state index in [2.05, 4.69) is 12.2 Å². The number of piperidine rings is 1. The first-order valence-corrected chi connectivity index (χ1v) is 7.34. The fraction of sp³-hybridized carbons (Fsp3) is 0.562. The normalized spacial score (nSPS) is 18.0. The summed E-state index contributed by atoms with van der Waals surface area (Å²) < 4.78 is 0. The van der Waals surface area contributed by atoms with Gasteiger partial charge < -0.3 is 15.3 Å². The van der Waals surface area contributed by atoms with Gasteiger partial charge in [0.05, 0.1) is 0 Å². The van der Waals surface area contributed by atoms with E-state index in [0.29, 0.717) is 17.8 Å². The second-order valence-electron chi connectivity index (χ2n) is 5.72. The van der Waals surface area contributed by atoms with Crippen molar-refractivity contribution in [3.8, 4) is 5.75 Å². The van der Waals surface area contributed by atoms with E-state index in [1.165, 1.54) is 5.56 Å². The van der Waals surface area contributed by atoms with E-state index in [0.717, 1.165) is 32.4 Å². The molecular weight excluding hydrogens is 252 g/mol. The van der Waals surface area contributed by atoms with Crippen molar-refractivity contribution in [1.29, 1.82) is 0 Å². The van der Waals surface area contributed by atoms with Crippen molar-refractivity contribution in [1.82, 2.24) is 10.2 Å². The summed E-state index contributed by atoms with van der Waals surface area (Å²) in [5.74, 6) is 0.492. The molecule has 1 atom stereocenters. The third kappa shape index (κ3) is 4.23. The van der Waals surface area contributed by atoms with Gasteiger partial charge in [-0.15, -0.1) is 0 Å². The van der Waals surface area contributed by atoms with Crippen LogP contribution in [0.4, 0.5) is 0 Å². The number of hydrogen-bond acceptors (Lipinski definition) is 3. The van der Waals surface area contributed by atoms with E-state index in [-0.39, 0.29) is 5.91 Å². The second kappa shape index (κ2) is 6.75.